The largest absolute Gasteiger partial charge is 0.457 e. The van der Waals surface area contributed by atoms with Gasteiger partial charge in [0.15, 0.2) is 0 Å². The lowest BCUT2D eigenvalue weighted by Crippen LogP contribution is -2.30. The van der Waals surface area contributed by atoms with Crippen LogP contribution in [0.2, 0.25) is 0 Å². The molecule has 0 bridgehead atoms. The Bertz CT molecular complexity index is 910. The van der Waals surface area contributed by atoms with Crippen LogP contribution in [0.5, 0.6) is 11.5 Å². The van der Waals surface area contributed by atoms with Crippen molar-refractivity contribution in [2.45, 2.75) is 13.0 Å². The van der Waals surface area contributed by atoms with Gasteiger partial charge in [-0.1, -0.05) is 48.5 Å². The van der Waals surface area contributed by atoms with Crippen LogP contribution in [0.3, 0.4) is 0 Å². The molecule has 0 atom stereocenters. The lowest BCUT2D eigenvalue weighted by atomic mass is 10.2. The summed E-state index contributed by atoms with van der Waals surface area (Å²) in [5.74, 6) is 0.834. The van der Waals surface area contributed by atoms with Crippen LogP contribution in [0.1, 0.15) is 12.0 Å². The number of hydrogen-bond acceptors (Lipinski definition) is 3. The highest BCUT2D eigenvalue weighted by atomic mass is 16.5. The molecule has 142 valence electrons. The molecule has 5 nitrogen and oxygen atoms in total. The molecule has 3 rings (SSSR count). The van der Waals surface area contributed by atoms with E-state index < -0.39 is 0 Å². The smallest absolute Gasteiger partial charge is 0.233 e. The second-order valence-electron chi connectivity index (χ2n) is 6.40. The minimum Gasteiger partial charge on any atom is -0.457 e. The zero-order chi connectivity index (χ0) is 19.8. The standard InChI is InChI=1S/C23H22N2O3/c1-25(17-18-8-4-2-5-9-18)23(27)16-22(26)24-19-12-14-21(15-13-19)28-20-10-6-3-7-11-20/h2-15H,16-17H2,1H3,(H,24,26). The lowest BCUT2D eigenvalue weighted by molar-refractivity contribution is -0.134. The van der Waals surface area contributed by atoms with Gasteiger partial charge in [0.1, 0.15) is 17.9 Å². The molecule has 5 heteroatoms. The predicted molar refractivity (Wildman–Crippen MR) is 109 cm³/mol. The van der Waals surface area contributed by atoms with Gasteiger partial charge < -0.3 is 15.0 Å². The number of carbonyl (C=O) groups excluding carboxylic acids is 2. The number of carbonyl (C=O) groups is 2. The first-order chi connectivity index (χ1) is 13.6. The second kappa shape index (κ2) is 9.37. The molecule has 0 aliphatic carbocycles. The van der Waals surface area contributed by atoms with Gasteiger partial charge in [-0.15, -0.1) is 0 Å². The van der Waals surface area contributed by atoms with Crippen LogP contribution in [-0.4, -0.2) is 23.8 Å². The number of ether oxygens (including phenoxy) is 1. The summed E-state index contributed by atoms with van der Waals surface area (Å²) in [6, 6.07) is 26.1. The zero-order valence-corrected chi connectivity index (χ0v) is 15.7. The average Bonchev–Trinajstić information content (AvgIpc) is 2.71. The Labute approximate surface area is 164 Å². The van der Waals surface area contributed by atoms with E-state index >= 15 is 0 Å². The van der Waals surface area contributed by atoms with Crippen LogP contribution in [0.4, 0.5) is 5.69 Å². The lowest BCUT2D eigenvalue weighted by Gasteiger charge is -2.17. The van der Waals surface area contributed by atoms with Crippen LogP contribution in [0, 0.1) is 0 Å². The van der Waals surface area contributed by atoms with Crippen LogP contribution in [0.15, 0.2) is 84.9 Å². The molecule has 0 heterocycles. The SMILES string of the molecule is CN(Cc1ccccc1)C(=O)CC(=O)Nc1ccc(Oc2ccccc2)cc1. The van der Waals surface area contributed by atoms with Gasteiger partial charge in [-0.3, -0.25) is 9.59 Å². The van der Waals surface area contributed by atoms with Gasteiger partial charge in [0.05, 0.1) is 0 Å². The second-order valence-corrected chi connectivity index (χ2v) is 6.40. The molecule has 2 amide bonds. The molecule has 0 unspecified atom stereocenters. The first-order valence-electron chi connectivity index (χ1n) is 9.01. The van der Waals surface area contributed by atoms with Crippen LogP contribution >= 0.6 is 0 Å². The number of hydrogen-bond donors (Lipinski definition) is 1. The van der Waals surface area contributed by atoms with E-state index in [2.05, 4.69) is 5.32 Å². The van der Waals surface area contributed by atoms with Crippen LogP contribution < -0.4 is 10.1 Å². The third kappa shape index (κ3) is 5.71. The topological polar surface area (TPSA) is 58.6 Å². The minimum atomic E-state index is -0.346. The number of nitrogens with zero attached hydrogens (tertiary/aromatic N) is 1. The molecule has 0 aromatic heterocycles. The van der Waals surface area contributed by atoms with Gasteiger partial charge in [0, 0.05) is 19.3 Å². The first kappa shape index (κ1) is 19.2. The molecule has 0 radical (unpaired) electrons. The van der Waals surface area contributed by atoms with Gasteiger partial charge in [0.25, 0.3) is 0 Å². The Kier molecular flexibility index (Phi) is 6.41. The number of nitrogens with one attached hydrogen (secondary N) is 1. The van der Waals surface area contributed by atoms with Crippen molar-refractivity contribution in [2.24, 2.45) is 0 Å². The zero-order valence-electron chi connectivity index (χ0n) is 15.7. The highest BCUT2D eigenvalue weighted by Gasteiger charge is 2.14. The van der Waals surface area contributed by atoms with Gasteiger partial charge in [-0.05, 0) is 42.0 Å². The van der Waals surface area contributed by atoms with Crippen molar-refractivity contribution in [3.8, 4) is 11.5 Å². The van der Waals surface area contributed by atoms with E-state index in [0.717, 1.165) is 11.3 Å². The van der Waals surface area contributed by atoms with Crippen molar-refractivity contribution >= 4 is 17.5 Å². The van der Waals surface area contributed by atoms with E-state index in [0.29, 0.717) is 18.0 Å². The van der Waals surface area contributed by atoms with E-state index in [1.165, 1.54) is 0 Å². The summed E-state index contributed by atoms with van der Waals surface area (Å²) < 4.78 is 5.72. The maximum atomic E-state index is 12.3. The van der Waals surface area contributed by atoms with Crippen molar-refractivity contribution in [3.63, 3.8) is 0 Å². The van der Waals surface area contributed by atoms with Crippen molar-refractivity contribution in [1.29, 1.82) is 0 Å². The van der Waals surface area contributed by atoms with Gasteiger partial charge >= 0.3 is 0 Å². The average molecular weight is 374 g/mol. The molecule has 0 aliphatic rings. The third-order valence-corrected chi connectivity index (χ3v) is 4.12. The number of anilines is 1. The van der Waals surface area contributed by atoms with E-state index in [1.807, 2.05) is 60.7 Å². The van der Waals surface area contributed by atoms with E-state index in [-0.39, 0.29) is 18.2 Å². The Hall–Kier alpha value is -3.60. The van der Waals surface area contributed by atoms with E-state index in [1.54, 1.807) is 36.2 Å². The summed E-state index contributed by atoms with van der Waals surface area (Å²) in [4.78, 5) is 26.0. The number of amides is 2. The number of para-hydroxylation sites is 1. The summed E-state index contributed by atoms with van der Waals surface area (Å²) >= 11 is 0. The van der Waals surface area contributed by atoms with Crippen LogP contribution in [-0.2, 0) is 16.1 Å². The Morgan fingerprint density at radius 1 is 0.821 bits per heavy atom. The molecular formula is C23H22N2O3. The fourth-order valence-corrected chi connectivity index (χ4v) is 2.65. The Balaban J connectivity index is 1.49. The Morgan fingerprint density at radius 3 is 2.04 bits per heavy atom. The normalized spacial score (nSPS) is 10.2. The Morgan fingerprint density at radius 2 is 1.39 bits per heavy atom. The molecule has 0 saturated heterocycles. The highest BCUT2D eigenvalue weighted by molar-refractivity contribution is 6.03. The number of benzene rings is 3. The molecule has 3 aromatic carbocycles. The molecule has 0 saturated carbocycles. The van der Waals surface area contributed by atoms with E-state index in [4.69, 9.17) is 4.74 Å². The summed E-state index contributed by atoms with van der Waals surface area (Å²) in [5.41, 5.74) is 1.64. The first-order valence-corrected chi connectivity index (χ1v) is 9.01. The molecule has 0 aliphatic heterocycles. The van der Waals surface area contributed by atoms with Crippen molar-refractivity contribution in [3.05, 3.63) is 90.5 Å². The molecule has 0 fully saturated rings. The van der Waals surface area contributed by atoms with Crippen molar-refractivity contribution in [2.75, 3.05) is 12.4 Å². The summed E-state index contributed by atoms with van der Waals surface area (Å²) in [6.07, 6.45) is -0.203. The van der Waals surface area contributed by atoms with Gasteiger partial charge in [-0.2, -0.15) is 0 Å². The maximum Gasteiger partial charge on any atom is 0.233 e. The molecular weight excluding hydrogens is 352 g/mol. The summed E-state index contributed by atoms with van der Waals surface area (Å²) in [5, 5.41) is 2.74. The van der Waals surface area contributed by atoms with Crippen molar-refractivity contribution < 1.29 is 14.3 Å². The maximum absolute atomic E-state index is 12.3. The fraction of sp³-hybridized carbons (Fsp3) is 0.130. The quantitative estimate of drug-likeness (QED) is 0.621. The molecule has 0 spiro atoms. The molecule has 1 N–H and O–H groups in total. The summed E-state index contributed by atoms with van der Waals surface area (Å²) in [6.45, 7) is 0.471. The fourth-order valence-electron chi connectivity index (χ4n) is 2.65. The summed E-state index contributed by atoms with van der Waals surface area (Å²) in [7, 11) is 1.69. The monoisotopic (exact) mass is 374 g/mol. The van der Waals surface area contributed by atoms with Gasteiger partial charge in [-0.25, -0.2) is 0 Å². The van der Waals surface area contributed by atoms with Gasteiger partial charge in [0.2, 0.25) is 11.8 Å². The highest BCUT2D eigenvalue weighted by Crippen LogP contribution is 2.22. The number of rotatable bonds is 7. The molecule has 28 heavy (non-hydrogen) atoms. The minimum absolute atomic E-state index is 0.203. The van der Waals surface area contributed by atoms with E-state index in [9.17, 15) is 9.59 Å². The predicted octanol–water partition coefficient (Wildman–Crippen LogP) is 4.47. The van der Waals surface area contributed by atoms with Crippen LogP contribution in [0.25, 0.3) is 0 Å². The van der Waals surface area contributed by atoms with Crippen molar-refractivity contribution in [1.82, 2.24) is 4.90 Å². The third-order valence-electron chi connectivity index (χ3n) is 4.12. The molecule has 3 aromatic rings.